The number of hydrogen-bond donors (Lipinski definition) is 3. The lowest BCUT2D eigenvalue weighted by Gasteiger charge is -2.37. The first-order chi connectivity index (χ1) is 26.3. The number of carbonyl (C=O) groups is 5. The summed E-state index contributed by atoms with van der Waals surface area (Å²) in [4.78, 5) is 80.7. The Morgan fingerprint density at radius 3 is 1.96 bits per heavy atom. The molecule has 3 N–H and O–H groups in total. The molecular formula is C36H53N8O10P. The number of nitrogens with one attached hydrogen (secondary N) is 3. The number of esters is 2. The molecule has 2 saturated heterocycles. The van der Waals surface area contributed by atoms with Gasteiger partial charge in [-0.05, 0) is 41.0 Å². The molecule has 19 heteroatoms. The fourth-order valence-electron chi connectivity index (χ4n) is 6.19. The third-order valence-electron chi connectivity index (χ3n) is 9.02. The van der Waals surface area contributed by atoms with E-state index in [-0.39, 0.29) is 63.6 Å². The number of carbonyl (C=O) groups excluding carboxylic acids is 5. The van der Waals surface area contributed by atoms with Gasteiger partial charge in [0.25, 0.3) is 5.91 Å². The summed E-state index contributed by atoms with van der Waals surface area (Å²) < 4.78 is 35.7. The minimum atomic E-state index is -4.13. The van der Waals surface area contributed by atoms with Gasteiger partial charge in [0, 0.05) is 58.0 Å². The maximum atomic E-state index is 14.8. The highest BCUT2D eigenvalue weighted by Gasteiger charge is 2.40. The molecule has 0 bridgehead atoms. The number of nitrogens with zero attached hydrogens (tertiary/aromatic N) is 5. The van der Waals surface area contributed by atoms with E-state index in [1.54, 1.807) is 27.9 Å². The highest BCUT2D eigenvalue weighted by Crippen LogP contribution is 2.39. The molecule has 1 unspecified atom stereocenters. The molecule has 2 aromatic rings. The van der Waals surface area contributed by atoms with E-state index in [9.17, 15) is 28.5 Å². The van der Waals surface area contributed by atoms with Crippen LogP contribution in [-0.2, 0) is 37.9 Å². The maximum absolute atomic E-state index is 14.8. The van der Waals surface area contributed by atoms with Crippen LogP contribution >= 0.6 is 7.44 Å². The molecule has 2 aliphatic rings. The van der Waals surface area contributed by atoms with E-state index in [0.29, 0.717) is 24.5 Å². The van der Waals surface area contributed by atoms with Gasteiger partial charge >= 0.3 is 18.0 Å². The molecule has 2 aliphatic heterocycles. The van der Waals surface area contributed by atoms with Gasteiger partial charge in [-0.25, -0.2) is 24.9 Å². The van der Waals surface area contributed by atoms with Gasteiger partial charge in [-0.15, -0.1) is 0 Å². The summed E-state index contributed by atoms with van der Waals surface area (Å²) >= 11 is 0. The van der Waals surface area contributed by atoms with Crippen LogP contribution in [-0.4, -0.2) is 146 Å². The van der Waals surface area contributed by atoms with E-state index in [0.717, 1.165) is 6.42 Å². The second-order valence-corrected chi connectivity index (χ2v) is 15.4. The molecule has 3 amide bonds. The Morgan fingerprint density at radius 1 is 0.836 bits per heavy atom. The average Bonchev–Trinajstić information content (AvgIpc) is 3.67. The van der Waals surface area contributed by atoms with Gasteiger partial charge in [-0.3, -0.25) is 23.7 Å². The van der Waals surface area contributed by atoms with Crippen molar-refractivity contribution in [3.05, 3.63) is 42.1 Å². The Hall–Kier alpha value is -4.64. The zero-order valence-corrected chi connectivity index (χ0v) is 33.2. The number of ether oxygens (including phenoxy) is 4. The van der Waals surface area contributed by atoms with Crippen molar-refractivity contribution in [2.75, 3.05) is 77.3 Å². The molecule has 1 aromatic carbocycles. The lowest BCUT2D eigenvalue weighted by molar-refractivity contribution is -0.145. The van der Waals surface area contributed by atoms with Crippen LogP contribution in [0.5, 0.6) is 0 Å². The molecule has 0 aliphatic carbocycles. The molecule has 2 fully saturated rings. The van der Waals surface area contributed by atoms with E-state index >= 15 is 0 Å². The Bertz CT molecular complexity index is 1660. The van der Waals surface area contributed by atoms with Crippen molar-refractivity contribution < 1.29 is 47.5 Å². The Kier molecular flexibility index (Phi) is 15.9. The third kappa shape index (κ3) is 11.9. The largest absolute Gasteiger partial charge is 0.465 e. The van der Waals surface area contributed by atoms with Crippen LogP contribution in [0.3, 0.4) is 0 Å². The zero-order chi connectivity index (χ0) is 40.1. The van der Waals surface area contributed by atoms with Crippen LogP contribution in [0.2, 0.25) is 0 Å². The van der Waals surface area contributed by atoms with E-state index in [4.69, 9.17) is 23.9 Å². The number of methoxy groups -OCH3 is 1. The molecule has 3 heterocycles. The van der Waals surface area contributed by atoms with Gasteiger partial charge < -0.3 is 39.0 Å². The van der Waals surface area contributed by atoms with E-state index in [1.807, 2.05) is 35.2 Å². The Balaban J connectivity index is 1.72. The summed E-state index contributed by atoms with van der Waals surface area (Å²) in [6, 6.07) is 6.90. The molecule has 1 aromatic heterocycles. The van der Waals surface area contributed by atoms with Crippen molar-refractivity contribution in [3.8, 4) is 11.4 Å². The topological polar surface area (TPSA) is 211 Å². The number of amides is 3. The number of aromatic nitrogens is 2. The zero-order valence-electron chi connectivity index (χ0n) is 32.3. The summed E-state index contributed by atoms with van der Waals surface area (Å²) in [5.74, 6) is -2.02. The summed E-state index contributed by atoms with van der Waals surface area (Å²) in [5, 5.41) is 8.27. The fourth-order valence-corrected chi connectivity index (χ4v) is 8.69. The van der Waals surface area contributed by atoms with Crippen LogP contribution in [0, 0.1) is 0 Å². The molecule has 0 radical (unpaired) electrons. The third-order valence-corrected chi connectivity index (χ3v) is 11.5. The van der Waals surface area contributed by atoms with Crippen LogP contribution in [0.1, 0.15) is 51.5 Å². The standard InChI is InChI=1S/C36H53N8O10P/c1-7-52-34(47)24(4)40-55(50,41-25(5)35(48)53-8-2)23-29(33(46)42-17-19-43(20-18-42)36(49)54-9-3)38-32(45)28-21-30(44-16-15-27(22-44)51-6)39-31(37-28)26-13-11-10-12-14-26/h10-14,21,24-25,27,29H,7-9,15-20,22-23H2,1-6H3,(H,38,45)(H2,40,41,50)/t24-,25-,27-,29?/m0/s1. The van der Waals surface area contributed by atoms with Crippen molar-refractivity contribution in [1.82, 2.24) is 35.3 Å². The fraction of sp³-hybridized carbons (Fsp3) is 0.583. The van der Waals surface area contributed by atoms with Crippen LogP contribution < -0.4 is 20.4 Å². The van der Waals surface area contributed by atoms with Crippen LogP contribution in [0.4, 0.5) is 10.6 Å². The second-order valence-electron chi connectivity index (χ2n) is 13.1. The molecule has 4 rings (SSSR count). The van der Waals surface area contributed by atoms with Gasteiger partial charge in [0.05, 0.1) is 32.1 Å². The molecule has 18 nitrogen and oxygen atoms in total. The molecular weight excluding hydrogens is 735 g/mol. The number of hydrogen-bond acceptors (Lipinski definition) is 13. The predicted octanol–water partition coefficient (Wildman–Crippen LogP) is 2.04. The number of rotatable bonds is 17. The van der Waals surface area contributed by atoms with Crippen LogP contribution in [0.15, 0.2) is 36.4 Å². The Labute approximate surface area is 321 Å². The van der Waals surface area contributed by atoms with Crippen molar-refractivity contribution in [2.24, 2.45) is 0 Å². The minimum Gasteiger partial charge on any atom is -0.465 e. The highest BCUT2D eigenvalue weighted by molar-refractivity contribution is 7.60. The first-order valence-corrected chi connectivity index (χ1v) is 20.4. The quantitative estimate of drug-likeness (QED) is 0.119. The summed E-state index contributed by atoms with van der Waals surface area (Å²) in [7, 11) is -2.49. The lowest BCUT2D eigenvalue weighted by Crippen LogP contribution is -2.57. The van der Waals surface area contributed by atoms with E-state index < -0.39 is 61.6 Å². The summed E-state index contributed by atoms with van der Waals surface area (Å²) in [6.07, 6.45) is -0.357. The van der Waals surface area contributed by atoms with E-state index in [2.05, 4.69) is 20.5 Å². The van der Waals surface area contributed by atoms with Crippen molar-refractivity contribution in [1.29, 1.82) is 0 Å². The first-order valence-electron chi connectivity index (χ1n) is 18.5. The smallest absolute Gasteiger partial charge is 0.409 e. The predicted molar refractivity (Wildman–Crippen MR) is 202 cm³/mol. The molecule has 0 spiro atoms. The van der Waals surface area contributed by atoms with Crippen molar-refractivity contribution in [3.63, 3.8) is 0 Å². The molecule has 4 atom stereocenters. The monoisotopic (exact) mass is 788 g/mol. The van der Waals surface area contributed by atoms with Crippen LogP contribution in [0.25, 0.3) is 11.4 Å². The number of anilines is 1. The van der Waals surface area contributed by atoms with Crippen molar-refractivity contribution >= 4 is 43.1 Å². The van der Waals surface area contributed by atoms with Gasteiger partial charge in [0.15, 0.2) is 5.82 Å². The summed E-state index contributed by atoms with van der Waals surface area (Å²) in [5.41, 5.74) is 0.608. The summed E-state index contributed by atoms with van der Waals surface area (Å²) in [6.45, 7) is 9.81. The molecule has 55 heavy (non-hydrogen) atoms. The lowest BCUT2D eigenvalue weighted by atomic mass is 10.2. The highest BCUT2D eigenvalue weighted by atomic mass is 31.2. The van der Waals surface area contributed by atoms with E-state index in [1.165, 1.54) is 29.7 Å². The molecule has 0 saturated carbocycles. The number of benzene rings is 1. The van der Waals surface area contributed by atoms with Gasteiger partial charge in [-0.1, -0.05) is 30.3 Å². The van der Waals surface area contributed by atoms with Gasteiger partial charge in [-0.2, -0.15) is 0 Å². The maximum Gasteiger partial charge on any atom is 0.409 e. The first kappa shape index (κ1) is 43.1. The SMILES string of the molecule is CCOC(=O)[C@H](C)NP(=O)(CC(NC(=O)c1cc(N2CC[C@H](OC)C2)nc(-c2ccccc2)n1)C(=O)N1CCN(C(=O)OCC)CC1)N[C@@H](C)C(=O)OCC. The number of piperazine rings is 1. The minimum absolute atomic E-state index is 0.0261. The Morgan fingerprint density at radius 2 is 1.42 bits per heavy atom. The molecule has 302 valence electrons. The second kappa shape index (κ2) is 20.3. The van der Waals surface area contributed by atoms with Crippen molar-refractivity contribution in [2.45, 2.75) is 65.3 Å². The normalized spacial score (nSPS) is 17.6. The van der Waals surface area contributed by atoms with Gasteiger partial charge in [0.2, 0.25) is 13.4 Å². The average molecular weight is 789 g/mol. The van der Waals surface area contributed by atoms with Gasteiger partial charge in [0.1, 0.15) is 29.6 Å².